The van der Waals surface area contributed by atoms with Crippen molar-refractivity contribution < 1.29 is 9.59 Å². The zero-order chi connectivity index (χ0) is 13.4. The Balaban J connectivity index is 3.81. The van der Waals surface area contributed by atoms with Crippen LogP contribution in [0.15, 0.2) is 0 Å². The van der Waals surface area contributed by atoms with E-state index in [0.717, 1.165) is 12.8 Å². The van der Waals surface area contributed by atoms with Crippen molar-refractivity contribution in [2.45, 2.75) is 46.2 Å². The van der Waals surface area contributed by atoms with Crippen molar-refractivity contribution in [1.29, 1.82) is 0 Å². The van der Waals surface area contributed by atoms with Crippen molar-refractivity contribution in [2.75, 3.05) is 6.67 Å². The van der Waals surface area contributed by atoms with Crippen molar-refractivity contribution in [2.24, 2.45) is 11.8 Å². The third-order valence-corrected chi connectivity index (χ3v) is 3.22. The molecule has 0 saturated carbocycles. The zero-order valence-corrected chi connectivity index (χ0v) is 12.4. The maximum absolute atomic E-state index is 11.6. The van der Waals surface area contributed by atoms with Crippen LogP contribution in [0, 0.1) is 11.8 Å². The summed E-state index contributed by atoms with van der Waals surface area (Å²) in [4.78, 5) is 23.1. The Kier molecular flexibility index (Phi) is 8.15. The fraction of sp³-hybridized carbons (Fsp3) is 0.833. The van der Waals surface area contributed by atoms with Gasteiger partial charge in [0.25, 0.3) is 0 Å². The fourth-order valence-corrected chi connectivity index (χ4v) is 1.99. The third-order valence-electron chi connectivity index (χ3n) is 2.65. The predicted molar refractivity (Wildman–Crippen MR) is 73.6 cm³/mol. The van der Waals surface area contributed by atoms with E-state index in [1.165, 1.54) is 0 Å². The van der Waals surface area contributed by atoms with Crippen LogP contribution in [0.25, 0.3) is 0 Å². The highest BCUT2D eigenvalue weighted by Crippen LogP contribution is 2.12. The Hall–Kier alpha value is -0.630. The number of amides is 2. The molecule has 3 unspecified atom stereocenters. The molecule has 0 aromatic rings. The van der Waals surface area contributed by atoms with E-state index in [-0.39, 0.29) is 30.1 Å². The van der Waals surface area contributed by atoms with E-state index < -0.39 is 0 Å². The minimum atomic E-state index is -0.0875. The highest BCUT2D eigenvalue weighted by molar-refractivity contribution is 7.19. The lowest BCUT2D eigenvalue weighted by atomic mass is 10.1. The second kappa shape index (κ2) is 8.46. The van der Waals surface area contributed by atoms with Gasteiger partial charge in [-0.15, -0.1) is 9.24 Å². The number of carbonyl (C=O) groups excluding carboxylic acids is 2. The third kappa shape index (κ3) is 7.32. The summed E-state index contributed by atoms with van der Waals surface area (Å²) >= 11 is 0. The van der Waals surface area contributed by atoms with E-state index >= 15 is 0 Å². The lowest BCUT2D eigenvalue weighted by molar-refractivity contribution is -0.125. The quantitative estimate of drug-likeness (QED) is 0.538. The molecular weight excluding hydrogens is 235 g/mol. The van der Waals surface area contributed by atoms with E-state index in [2.05, 4.69) is 33.7 Å². The maximum Gasteiger partial charge on any atom is 0.228 e. The largest absolute Gasteiger partial charge is 0.338 e. The topological polar surface area (TPSA) is 58.2 Å². The van der Waals surface area contributed by atoms with Crippen LogP contribution in [0.5, 0.6) is 0 Å². The van der Waals surface area contributed by atoms with Gasteiger partial charge in [-0.05, 0) is 18.8 Å². The molecule has 3 atom stereocenters. The van der Waals surface area contributed by atoms with Gasteiger partial charge in [-0.2, -0.15) is 0 Å². The Morgan fingerprint density at radius 1 is 1.12 bits per heavy atom. The minimum Gasteiger partial charge on any atom is -0.338 e. The van der Waals surface area contributed by atoms with Gasteiger partial charge in [0.15, 0.2) is 0 Å². The Labute approximate surface area is 107 Å². The Morgan fingerprint density at radius 3 is 2.12 bits per heavy atom. The molecule has 0 aromatic heterocycles. The van der Waals surface area contributed by atoms with Gasteiger partial charge < -0.3 is 10.6 Å². The smallest absolute Gasteiger partial charge is 0.228 e. The Bertz CT molecular complexity index is 257. The molecule has 0 radical (unpaired) electrons. The molecular formula is C12H25N2O2P. The molecule has 2 N–H and O–H groups in total. The molecule has 0 saturated heterocycles. The van der Waals surface area contributed by atoms with Crippen LogP contribution in [0.4, 0.5) is 0 Å². The second-order valence-corrected chi connectivity index (χ2v) is 5.61. The molecule has 0 bridgehead atoms. The normalized spacial score (nSPS) is 14.2. The molecule has 0 aliphatic rings. The minimum absolute atomic E-state index is 0.00522. The summed E-state index contributed by atoms with van der Waals surface area (Å²) in [5.41, 5.74) is -0.0875. The van der Waals surface area contributed by atoms with Crippen molar-refractivity contribution >= 4 is 21.1 Å². The summed E-state index contributed by atoms with van der Waals surface area (Å²) in [6.07, 6.45) is 1.63. The highest BCUT2D eigenvalue weighted by atomic mass is 31.0. The summed E-state index contributed by atoms with van der Waals surface area (Å²) in [6.45, 7) is 8.20. The first-order valence-electron chi connectivity index (χ1n) is 6.19. The van der Waals surface area contributed by atoms with Crippen LogP contribution in [-0.2, 0) is 9.59 Å². The average Bonchev–Trinajstić information content (AvgIpc) is 2.26. The van der Waals surface area contributed by atoms with Crippen LogP contribution in [0.1, 0.15) is 40.5 Å². The van der Waals surface area contributed by atoms with Crippen LogP contribution in [0.2, 0.25) is 0 Å². The van der Waals surface area contributed by atoms with E-state index in [1.54, 1.807) is 0 Å². The molecule has 0 spiro atoms. The van der Waals surface area contributed by atoms with E-state index in [1.807, 2.05) is 13.8 Å². The van der Waals surface area contributed by atoms with Gasteiger partial charge in [-0.25, -0.2) is 0 Å². The maximum atomic E-state index is 11.6. The van der Waals surface area contributed by atoms with Crippen LogP contribution < -0.4 is 10.6 Å². The highest BCUT2D eigenvalue weighted by Gasteiger charge is 2.15. The number of hydrogen-bond acceptors (Lipinski definition) is 2. The Morgan fingerprint density at radius 2 is 1.65 bits per heavy atom. The van der Waals surface area contributed by atoms with Gasteiger partial charge in [0.05, 0.1) is 12.3 Å². The van der Waals surface area contributed by atoms with E-state index in [0.29, 0.717) is 5.92 Å². The van der Waals surface area contributed by atoms with Crippen LogP contribution in [0.3, 0.4) is 0 Å². The molecule has 0 aromatic carbocycles. The molecule has 5 heteroatoms. The van der Waals surface area contributed by atoms with Crippen molar-refractivity contribution in [3.63, 3.8) is 0 Å². The number of nitrogens with one attached hydrogen (secondary N) is 2. The molecule has 0 heterocycles. The van der Waals surface area contributed by atoms with Crippen LogP contribution >= 0.6 is 9.24 Å². The second-order valence-electron chi connectivity index (χ2n) is 4.80. The molecule has 0 aliphatic carbocycles. The van der Waals surface area contributed by atoms with Gasteiger partial charge in [-0.1, -0.05) is 27.7 Å². The molecule has 0 fully saturated rings. The molecule has 4 nitrogen and oxygen atoms in total. The van der Waals surface area contributed by atoms with Crippen molar-refractivity contribution in [1.82, 2.24) is 10.6 Å². The first-order valence-corrected chi connectivity index (χ1v) is 6.86. The lowest BCUT2D eigenvalue weighted by Crippen LogP contribution is -2.42. The monoisotopic (exact) mass is 260 g/mol. The summed E-state index contributed by atoms with van der Waals surface area (Å²) in [6, 6.07) is 0. The molecule has 100 valence electrons. The standard InChI is InChI=1S/C12H25N2O2P/c1-5-9(4)11(15)13-7-14-12(16)10(17)6-8(2)3/h8-10H,5-7,17H2,1-4H3,(H,13,15)(H,14,16). The predicted octanol–water partition coefficient (Wildman–Crippen LogP) is 1.51. The van der Waals surface area contributed by atoms with Gasteiger partial charge in [0.2, 0.25) is 11.8 Å². The summed E-state index contributed by atoms with van der Waals surface area (Å²) < 4.78 is 0. The number of carbonyl (C=O) groups is 2. The molecule has 0 rings (SSSR count). The number of rotatable bonds is 7. The summed E-state index contributed by atoms with van der Waals surface area (Å²) in [5, 5.41) is 5.40. The van der Waals surface area contributed by atoms with Gasteiger partial charge >= 0.3 is 0 Å². The summed E-state index contributed by atoms with van der Waals surface area (Å²) in [5.74, 6) is 0.428. The first-order chi connectivity index (χ1) is 7.88. The van der Waals surface area contributed by atoms with Crippen molar-refractivity contribution in [3.8, 4) is 0 Å². The number of hydrogen-bond donors (Lipinski definition) is 2. The first kappa shape index (κ1) is 16.4. The molecule has 17 heavy (non-hydrogen) atoms. The molecule has 2 amide bonds. The van der Waals surface area contributed by atoms with E-state index in [9.17, 15) is 9.59 Å². The molecule has 0 aliphatic heterocycles. The van der Waals surface area contributed by atoms with Gasteiger partial charge in [-0.3, -0.25) is 9.59 Å². The SMILES string of the molecule is CCC(C)C(=O)NCNC(=O)C(P)CC(C)C. The van der Waals surface area contributed by atoms with E-state index in [4.69, 9.17) is 0 Å². The van der Waals surface area contributed by atoms with Crippen molar-refractivity contribution in [3.05, 3.63) is 0 Å². The summed E-state index contributed by atoms with van der Waals surface area (Å²) in [7, 11) is 2.54. The van der Waals surface area contributed by atoms with Gasteiger partial charge in [0.1, 0.15) is 0 Å². The fourth-order valence-electron chi connectivity index (χ4n) is 1.32. The zero-order valence-electron chi connectivity index (χ0n) is 11.2. The van der Waals surface area contributed by atoms with Crippen LogP contribution in [-0.4, -0.2) is 24.1 Å². The lowest BCUT2D eigenvalue weighted by Gasteiger charge is -2.15. The average molecular weight is 260 g/mol. The van der Waals surface area contributed by atoms with Gasteiger partial charge in [0, 0.05) is 5.92 Å².